The molecule has 28 heavy (non-hydrogen) atoms. The standard InChI is InChI=1S/C23H31N3OSi/c1-19(16-17-20(2)25-26-24)18-27-28(23(3,4)5,21-12-8-6-9-13-21)22-14-10-7-11-15-22/h6-16,20H,17-18H2,1-5H3/b19-16+/t20-/m0/s1. The zero-order valence-electron chi connectivity index (χ0n) is 17.6. The van der Waals surface area contributed by atoms with Crippen LogP contribution < -0.4 is 10.4 Å². The first-order chi connectivity index (χ1) is 13.3. The van der Waals surface area contributed by atoms with Crippen molar-refractivity contribution >= 4 is 18.7 Å². The van der Waals surface area contributed by atoms with Crippen molar-refractivity contribution in [1.82, 2.24) is 0 Å². The molecule has 5 heteroatoms. The van der Waals surface area contributed by atoms with Crippen LogP contribution in [0.25, 0.3) is 10.4 Å². The SMILES string of the molecule is C/C(=C\C[C@H](C)N=[N+]=[N-])CO[Si](c1ccccc1)(c1ccccc1)C(C)(C)C. The zero-order valence-corrected chi connectivity index (χ0v) is 18.6. The third kappa shape index (κ3) is 5.13. The fraction of sp³-hybridized carbons (Fsp3) is 0.391. The van der Waals surface area contributed by atoms with Gasteiger partial charge in [0.2, 0.25) is 0 Å². The summed E-state index contributed by atoms with van der Waals surface area (Å²) in [5, 5.41) is 6.27. The van der Waals surface area contributed by atoms with Crippen LogP contribution >= 0.6 is 0 Å². The van der Waals surface area contributed by atoms with Crippen molar-refractivity contribution in [3.8, 4) is 0 Å². The summed E-state index contributed by atoms with van der Waals surface area (Å²) in [6.45, 7) is 11.4. The topological polar surface area (TPSA) is 58.0 Å². The van der Waals surface area contributed by atoms with E-state index in [-0.39, 0.29) is 11.1 Å². The molecular formula is C23H31N3OSi. The second kappa shape index (κ2) is 9.74. The van der Waals surface area contributed by atoms with Crippen LogP contribution in [0.5, 0.6) is 0 Å². The Balaban J connectivity index is 2.42. The van der Waals surface area contributed by atoms with Crippen LogP contribution in [0.2, 0.25) is 5.04 Å². The maximum absolute atomic E-state index is 8.57. The van der Waals surface area contributed by atoms with E-state index in [1.165, 1.54) is 10.4 Å². The highest BCUT2D eigenvalue weighted by atomic mass is 28.4. The number of nitrogens with zero attached hydrogens (tertiary/aromatic N) is 3. The molecule has 0 spiro atoms. The molecule has 0 aliphatic rings. The first-order valence-electron chi connectivity index (χ1n) is 9.76. The molecular weight excluding hydrogens is 362 g/mol. The van der Waals surface area contributed by atoms with Gasteiger partial charge in [-0.15, -0.1) is 0 Å². The zero-order chi connectivity index (χ0) is 20.6. The number of hydrogen-bond acceptors (Lipinski definition) is 2. The average molecular weight is 394 g/mol. The largest absolute Gasteiger partial charge is 0.403 e. The van der Waals surface area contributed by atoms with E-state index in [1.807, 2.05) is 6.92 Å². The second-order valence-corrected chi connectivity index (χ2v) is 12.6. The number of rotatable bonds is 8. The lowest BCUT2D eigenvalue weighted by Gasteiger charge is -2.43. The molecule has 0 saturated heterocycles. The van der Waals surface area contributed by atoms with Gasteiger partial charge in [-0.1, -0.05) is 105 Å². The Kier molecular flexibility index (Phi) is 7.64. The molecule has 148 valence electrons. The Bertz CT molecular complexity index is 782. The Morgan fingerprint density at radius 3 is 2.00 bits per heavy atom. The lowest BCUT2D eigenvalue weighted by Crippen LogP contribution is -2.66. The molecule has 2 rings (SSSR count). The molecule has 0 aliphatic carbocycles. The van der Waals surface area contributed by atoms with Crippen LogP contribution in [0.15, 0.2) is 77.4 Å². The van der Waals surface area contributed by atoms with Gasteiger partial charge in [0.05, 0.1) is 6.61 Å². The van der Waals surface area contributed by atoms with E-state index in [9.17, 15) is 0 Å². The van der Waals surface area contributed by atoms with Gasteiger partial charge in [-0.3, -0.25) is 0 Å². The van der Waals surface area contributed by atoms with E-state index in [2.05, 4.69) is 104 Å². The molecule has 1 atom stereocenters. The van der Waals surface area contributed by atoms with Gasteiger partial charge in [0.15, 0.2) is 0 Å². The highest BCUT2D eigenvalue weighted by molar-refractivity contribution is 6.99. The smallest absolute Gasteiger partial charge is 0.261 e. The summed E-state index contributed by atoms with van der Waals surface area (Å²) in [6, 6.07) is 21.3. The fourth-order valence-electron chi connectivity index (χ4n) is 3.55. The first kappa shape index (κ1) is 22.0. The van der Waals surface area contributed by atoms with Gasteiger partial charge < -0.3 is 4.43 Å². The van der Waals surface area contributed by atoms with Gasteiger partial charge in [-0.25, -0.2) is 0 Å². The van der Waals surface area contributed by atoms with Crippen LogP contribution in [0.1, 0.15) is 41.0 Å². The Hall–Kier alpha value is -2.33. The molecule has 0 fully saturated rings. The van der Waals surface area contributed by atoms with E-state index in [0.717, 1.165) is 12.0 Å². The minimum atomic E-state index is -2.51. The first-order valence-corrected chi connectivity index (χ1v) is 11.7. The lowest BCUT2D eigenvalue weighted by molar-refractivity contribution is 0.329. The van der Waals surface area contributed by atoms with Crippen LogP contribution in [0.3, 0.4) is 0 Å². The maximum atomic E-state index is 8.57. The summed E-state index contributed by atoms with van der Waals surface area (Å²) in [7, 11) is -2.51. The Morgan fingerprint density at radius 1 is 1.07 bits per heavy atom. The number of azide groups is 1. The number of benzene rings is 2. The molecule has 0 aromatic heterocycles. The Morgan fingerprint density at radius 2 is 1.57 bits per heavy atom. The van der Waals surface area contributed by atoms with Crippen molar-refractivity contribution in [1.29, 1.82) is 0 Å². The van der Waals surface area contributed by atoms with Crippen molar-refractivity contribution in [2.75, 3.05) is 6.61 Å². The van der Waals surface area contributed by atoms with Gasteiger partial charge in [-0.2, -0.15) is 0 Å². The third-order valence-corrected chi connectivity index (χ3v) is 9.97. The van der Waals surface area contributed by atoms with Gasteiger partial charge in [0.25, 0.3) is 8.32 Å². The van der Waals surface area contributed by atoms with Gasteiger partial charge >= 0.3 is 0 Å². The molecule has 4 nitrogen and oxygen atoms in total. The van der Waals surface area contributed by atoms with Crippen LogP contribution in [0.4, 0.5) is 0 Å². The minimum absolute atomic E-state index is 0.0334. The van der Waals surface area contributed by atoms with Crippen molar-refractivity contribution in [2.24, 2.45) is 5.11 Å². The minimum Gasteiger partial charge on any atom is -0.403 e. The molecule has 0 radical (unpaired) electrons. The van der Waals surface area contributed by atoms with Crippen LogP contribution in [0, 0.1) is 0 Å². The summed E-state index contributed by atoms with van der Waals surface area (Å²) in [4.78, 5) is 2.88. The van der Waals surface area contributed by atoms with E-state index in [1.54, 1.807) is 0 Å². The van der Waals surface area contributed by atoms with Gasteiger partial charge in [-0.05, 0) is 34.3 Å². The molecule has 0 heterocycles. The lowest BCUT2D eigenvalue weighted by atomic mass is 10.2. The van der Waals surface area contributed by atoms with Crippen molar-refractivity contribution in [3.63, 3.8) is 0 Å². The molecule has 0 unspecified atom stereocenters. The van der Waals surface area contributed by atoms with E-state index in [0.29, 0.717) is 6.61 Å². The summed E-state index contributed by atoms with van der Waals surface area (Å²) in [6.07, 6.45) is 2.84. The summed E-state index contributed by atoms with van der Waals surface area (Å²) >= 11 is 0. The van der Waals surface area contributed by atoms with Crippen LogP contribution in [-0.4, -0.2) is 21.0 Å². The maximum Gasteiger partial charge on any atom is 0.261 e. The van der Waals surface area contributed by atoms with Crippen molar-refractivity contribution < 1.29 is 4.43 Å². The monoisotopic (exact) mass is 393 g/mol. The summed E-state index contributed by atoms with van der Waals surface area (Å²) < 4.78 is 6.89. The summed E-state index contributed by atoms with van der Waals surface area (Å²) in [5.74, 6) is 0. The molecule has 0 bridgehead atoms. The molecule has 0 amide bonds. The third-order valence-electron chi connectivity index (χ3n) is 4.99. The normalized spacial score (nSPS) is 13.7. The molecule has 0 aliphatic heterocycles. The molecule has 2 aromatic rings. The van der Waals surface area contributed by atoms with Crippen molar-refractivity contribution in [2.45, 2.75) is 52.1 Å². The Labute approximate surface area is 170 Å². The highest BCUT2D eigenvalue weighted by Gasteiger charge is 2.50. The number of hydrogen-bond donors (Lipinski definition) is 0. The highest BCUT2D eigenvalue weighted by Crippen LogP contribution is 2.36. The fourth-order valence-corrected chi connectivity index (χ4v) is 8.15. The summed E-state index contributed by atoms with van der Waals surface area (Å²) in [5.41, 5.74) is 9.73. The molecule has 0 N–H and O–H groups in total. The molecule has 0 saturated carbocycles. The second-order valence-electron chi connectivity index (χ2n) is 8.29. The molecule has 2 aromatic carbocycles. The van der Waals surface area contributed by atoms with E-state index < -0.39 is 8.32 Å². The quantitative estimate of drug-likeness (QED) is 0.189. The van der Waals surface area contributed by atoms with Gasteiger partial charge in [0.1, 0.15) is 0 Å². The predicted molar refractivity (Wildman–Crippen MR) is 121 cm³/mol. The van der Waals surface area contributed by atoms with Crippen molar-refractivity contribution in [3.05, 3.63) is 82.8 Å². The van der Waals surface area contributed by atoms with E-state index >= 15 is 0 Å². The predicted octanol–water partition coefficient (Wildman–Crippen LogP) is 5.60. The van der Waals surface area contributed by atoms with Crippen LogP contribution in [-0.2, 0) is 4.43 Å². The van der Waals surface area contributed by atoms with E-state index in [4.69, 9.17) is 9.96 Å². The van der Waals surface area contributed by atoms with Gasteiger partial charge in [0, 0.05) is 11.0 Å². The average Bonchev–Trinajstić information content (AvgIpc) is 2.68.